The van der Waals surface area contributed by atoms with Crippen LogP contribution in [0.2, 0.25) is 0 Å². The molecule has 112 valence electrons. The molecule has 6 heteroatoms. The van der Waals surface area contributed by atoms with Gasteiger partial charge in [-0.1, -0.05) is 11.2 Å². The summed E-state index contributed by atoms with van der Waals surface area (Å²) in [5.41, 5.74) is 6.84. The minimum Gasteiger partial charge on any atom is -0.496 e. The van der Waals surface area contributed by atoms with Gasteiger partial charge >= 0.3 is 0 Å². The molecule has 1 rings (SSSR count). The Kier molecular flexibility index (Phi) is 5.35. The van der Waals surface area contributed by atoms with Gasteiger partial charge in [-0.05, 0) is 38.6 Å². The normalized spacial score (nSPS) is 12.8. The molecule has 0 amide bonds. The Morgan fingerprint density at radius 3 is 2.60 bits per heavy atom. The number of aliphatic hydroxyl groups excluding tert-OH is 1. The monoisotopic (exact) mass is 281 g/mol. The third-order valence-electron chi connectivity index (χ3n) is 3.49. The van der Waals surface area contributed by atoms with Gasteiger partial charge in [0.1, 0.15) is 5.75 Å². The number of amidine groups is 1. The standard InChI is InChI=1S/C14H23N3O3/c1-14(2,9-18)17(3)8-10-5-6-11(13(15)16-19)12(7-10)20-4/h5-7,18-19H,8-9H2,1-4H3,(H2,15,16). The molecule has 0 unspecified atom stereocenters. The van der Waals surface area contributed by atoms with Crippen molar-refractivity contribution in [2.24, 2.45) is 10.9 Å². The molecule has 1 aromatic carbocycles. The molecule has 0 fully saturated rings. The molecule has 0 spiro atoms. The summed E-state index contributed by atoms with van der Waals surface area (Å²) in [6.07, 6.45) is 0. The van der Waals surface area contributed by atoms with Crippen LogP contribution < -0.4 is 10.5 Å². The molecule has 0 saturated heterocycles. The van der Waals surface area contributed by atoms with Crippen LogP contribution in [0.15, 0.2) is 23.4 Å². The summed E-state index contributed by atoms with van der Waals surface area (Å²) in [6, 6.07) is 5.49. The van der Waals surface area contributed by atoms with Crippen molar-refractivity contribution in [2.75, 3.05) is 20.8 Å². The third kappa shape index (κ3) is 3.61. The van der Waals surface area contributed by atoms with Gasteiger partial charge in [-0.3, -0.25) is 4.90 Å². The zero-order valence-electron chi connectivity index (χ0n) is 12.4. The Balaban J connectivity index is 3.00. The Hall–Kier alpha value is -1.79. The molecular formula is C14H23N3O3. The molecule has 0 aliphatic heterocycles. The summed E-state index contributed by atoms with van der Waals surface area (Å²) in [5, 5.41) is 21.1. The Morgan fingerprint density at radius 1 is 1.45 bits per heavy atom. The average Bonchev–Trinajstić information content (AvgIpc) is 2.46. The summed E-state index contributed by atoms with van der Waals surface area (Å²) >= 11 is 0. The number of rotatable bonds is 6. The van der Waals surface area contributed by atoms with Crippen molar-refractivity contribution >= 4 is 5.84 Å². The number of likely N-dealkylation sites (N-methyl/N-ethyl adjacent to an activating group) is 1. The number of nitrogens with zero attached hydrogens (tertiary/aromatic N) is 2. The number of methoxy groups -OCH3 is 1. The van der Waals surface area contributed by atoms with Gasteiger partial charge in [0.25, 0.3) is 0 Å². The minimum atomic E-state index is -0.308. The fourth-order valence-corrected chi connectivity index (χ4v) is 1.71. The molecule has 6 nitrogen and oxygen atoms in total. The van der Waals surface area contributed by atoms with E-state index >= 15 is 0 Å². The maximum absolute atomic E-state index is 9.37. The first-order valence-corrected chi connectivity index (χ1v) is 6.32. The fourth-order valence-electron chi connectivity index (χ4n) is 1.71. The molecule has 0 heterocycles. The highest BCUT2D eigenvalue weighted by molar-refractivity contribution is 5.99. The van der Waals surface area contributed by atoms with E-state index in [1.165, 1.54) is 7.11 Å². The van der Waals surface area contributed by atoms with Gasteiger partial charge in [-0.15, -0.1) is 0 Å². The van der Waals surface area contributed by atoms with Gasteiger partial charge in [0.2, 0.25) is 0 Å². The van der Waals surface area contributed by atoms with Crippen LogP contribution in [0, 0.1) is 0 Å². The number of nitrogens with two attached hydrogens (primary N) is 1. The summed E-state index contributed by atoms with van der Waals surface area (Å²) < 4.78 is 5.26. The van der Waals surface area contributed by atoms with E-state index in [4.69, 9.17) is 15.7 Å². The lowest BCUT2D eigenvalue weighted by Crippen LogP contribution is -2.43. The zero-order chi connectivity index (χ0) is 15.3. The molecule has 0 aliphatic rings. The highest BCUT2D eigenvalue weighted by Gasteiger charge is 2.22. The molecule has 1 aromatic rings. The number of ether oxygens (including phenoxy) is 1. The molecule has 0 radical (unpaired) electrons. The Bertz CT molecular complexity index is 487. The van der Waals surface area contributed by atoms with E-state index in [0.717, 1.165) is 5.56 Å². The van der Waals surface area contributed by atoms with Crippen LogP contribution >= 0.6 is 0 Å². The van der Waals surface area contributed by atoms with E-state index in [-0.39, 0.29) is 18.0 Å². The topological polar surface area (TPSA) is 91.3 Å². The Morgan fingerprint density at radius 2 is 2.10 bits per heavy atom. The first-order chi connectivity index (χ1) is 9.35. The van der Waals surface area contributed by atoms with E-state index in [9.17, 15) is 5.11 Å². The lowest BCUT2D eigenvalue weighted by Gasteiger charge is -2.34. The molecule has 20 heavy (non-hydrogen) atoms. The van der Waals surface area contributed by atoms with E-state index in [1.54, 1.807) is 6.07 Å². The summed E-state index contributed by atoms with van der Waals surface area (Å²) in [4.78, 5) is 2.05. The van der Waals surface area contributed by atoms with E-state index in [2.05, 4.69) is 5.16 Å². The average molecular weight is 281 g/mol. The third-order valence-corrected chi connectivity index (χ3v) is 3.49. The highest BCUT2D eigenvalue weighted by atomic mass is 16.5. The first-order valence-electron chi connectivity index (χ1n) is 6.32. The van der Waals surface area contributed by atoms with Gasteiger partial charge in [-0.25, -0.2) is 0 Å². The van der Waals surface area contributed by atoms with Gasteiger partial charge in [0.15, 0.2) is 5.84 Å². The van der Waals surface area contributed by atoms with E-state index < -0.39 is 0 Å². The summed E-state index contributed by atoms with van der Waals surface area (Å²) in [7, 11) is 3.48. The predicted octanol–water partition coefficient (Wildman–Crippen LogP) is 0.992. The second-order valence-electron chi connectivity index (χ2n) is 5.35. The van der Waals surface area contributed by atoms with Crippen LogP contribution in [0.25, 0.3) is 0 Å². The van der Waals surface area contributed by atoms with Crippen LogP contribution in [0.4, 0.5) is 0 Å². The van der Waals surface area contributed by atoms with Gasteiger partial charge in [0.05, 0.1) is 19.3 Å². The van der Waals surface area contributed by atoms with Crippen molar-refractivity contribution in [1.29, 1.82) is 0 Å². The van der Waals surface area contributed by atoms with Crippen molar-refractivity contribution in [3.8, 4) is 5.75 Å². The molecule has 0 saturated carbocycles. The second-order valence-corrected chi connectivity index (χ2v) is 5.35. The highest BCUT2D eigenvalue weighted by Crippen LogP contribution is 2.22. The largest absolute Gasteiger partial charge is 0.496 e. The molecular weight excluding hydrogens is 258 g/mol. The van der Waals surface area contributed by atoms with Gasteiger partial charge < -0.3 is 20.8 Å². The molecule has 0 aromatic heterocycles. The predicted molar refractivity (Wildman–Crippen MR) is 78.1 cm³/mol. The van der Waals surface area contributed by atoms with Crippen molar-refractivity contribution in [1.82, 2.24) is 4.90 Å². The maximum atomic E-state index is 9.37. The molecule has 0 aliphatic carbocycles. The summed E-state index contributed by atoms with van der Waals surface area (Å²) in [6.45, 7) is 4.66. The van der Waals surface area contributed by atoms with Crippen molar-refractivity contribution in [3.05, 3.63) is 29.3 Å². The van der Waals surface area contributed by atoms with Crippen molar-refractivity contribution in [3.63, 3.8) is 0 Å². The van der Waals surface area contributed by atoms with Gasteiger partial charge in [0, 0.05) is 12.1 Å². The van der Waals surface area contributed by atoms with Crippen LogP contribution in [0.5, 0.6) is 5.75 Å². The van der Waals surface area contributed by atoms with Crippen molar-refractivity contribution < 1.29 is 15.1 Å². The SMILES string of the molecule is COc1cc(CN(C)C(C)(C)CO)ccc1/C(N)=N/O. The lowest BCUT2D eigenvalue weighted by atomic mass is 10.0. The van der Waals surface area contributed by atoms with Crippen molar-refractivity contribution in [2.45, 2.75) is 25.9 Å². The number of aliphatic hydroxyl groups is 1. The van der Waals surface area contributed by atoms with E-state index in [1.807, 2.05) is 37.9 Å². The Labute approximate surface area is 119 Å². The number of hydrogen-bond acceptors (Lipinski definition) is 5. The first kappa shape index (κ1) is 16.3. The quantitative estimate of drug-likeness (QED) is 0.313. The number of hydrogen-bond donors (Lipinski definition) is 3. The number of oxime groups is 1. The molecule has 0 bridgehead atoms. The van der Waals surface area contributed by atoms with Crippen LogP contribution in [0.3, 0.4) is 0 Å². The molecule has 0 atom stereocenters. The lowest BCUT2D eigenvalue weighted by molar-refractivity contribution is 0.0733. The van der Waals surface area contributed by atoms with Crippen LogP contribution in [-0.2, 0) is 6.54 Å². The zero-order valence-corrected chi connectivity index (χ0v) is 12.4. The van der Waals surface area contributed by atoms with Crippen LogP contribution in [0.1, 0.15) is 25.0 Å². The smallest absolute Gasteiger partial charge is 0.173 e. The van der Waals surface area contributed by atoms with Gasteiger partial charge in [-0.2, -0.15) is 0 Å². The summed E-state index contributed by atoms with van der Waals surface area (Å²) in [5.74, 6) is 0.561. The second kappa shape index (κ2) is 6.58. The van der Waals surface area contributed by atoms with E-state index in [0.29, 0.717) is 17.9 Å². The maximum Gasteiger partial charge on any atom is 0.173 e. The fraction of sp³-hybridized carbons (Fsp3) is 0.500. The van der Waals surface area contributed by atoms with Crippen LogP contribution in [-0.4, -0.2) is 47.4 Å². The number of benzene rings is 1. The molecule has 4 N–H and O–H groups in total. The minimum absolute atomic E-state index is 0.0115.